The number of fused-ring (bicyclic) bond motifs is 1. The Balaban J connectivity index is 1.57. The van der Waals surface area contributed by atoms with Gasteiger partial charge in [0.25, 0.3) is 0 Å². The van der Waals surface area contributed by atoms with Gasteiger partial charge in [-0.2, -0.15) is 0 Å². The number of hydrogen-bond donors (Lipinski definition) is 0. The summed E-state index contributed by atoms with van der Waals surface area (Å²) in [6.07, 6.45) is 20.7. The van der Waals surface area contributed by atoms with Crippen molar-refractivity contribution in [1.82, 2.24) is 0 Å². The van der Waals surface area contributed by atoms with E-state index in [9.17, 15) is 0 Å². The molecule has 0 heterocycles. The lowest BCUT2D eigenvalue weighted by Gasteiger charge is -2.50. The fourth-order valence-corrected chi connectivity index (χ4v) is 7.51. The van der Waals surface area contributed by atoms with Crippen LogP contribution in [0.2, 0.25) is 0 Å². The Labute approximate surface area is 172 Å². The fourth-order valence-electron chi connectivity index (χ4n) is 7.51. The van der Waals surface area contributed by atoms with Gasteiger partial charge in [0.2, 0.25) is 0 Å². The molecule has 0 spiro atoms. The van der Waals surface area contributed by atoms with Crippen molar-refractivity contribution in [1.29, 1.82) is 0 Å². The van der Waals surface area contributed by atoms with Crippen molar-refractivity contribution in [2.75, 3.05) is 0 Å². The highest BCUT2D eigenvalue weighted by molar-refractivity contribution is 5.86. The molecule has 0 N–H and O–H groups in total. The van der Waals surface area contributed by atoms with E-state index in [1.165, 1.54) is 95.3 Å². The van der Waals surface area contributed by atoms with Crippen LogP contribution < -0.4 is 0 Å². The van der Waals surface area contributed by atoms with E-state index in [1.807, 2.05) is 0 Å². The Morgan fingerprint density at radius 3 is 2.11 bits per heavy atom. The van der Waals surface area contributed by atoms with Crippen LogP contribution in [0, 0.1) is 17.8 Å². The van der Waals surface area contributed by atoms with Gasteiger partial charge in [0.05, 0.1) is 0 Å². The summed E-state index contributed by atoms with van der Waals surface area (Å²) in [7, 11) is 0. The Bertz CT molecular complexity index is 772. The zero-order valence-electron chi connectivity index (χ0n) is 17.7. The molecule has 0 amide bonds. The first-order valence-corrected chi connectivity index (χ1v) is 12.3. The molecular formula is C28H38. The maximum Gasteiger partial charge on any atom is -0.000988 e. The molecule has 0 bridgehead atoms. The van der Waals surface area contributed by atoms with Crippen LogP contribution in [0.15, 0.2) is 42.5 Å². The normalized spacial score (nSPS) is 30.5. The summed E-state index contributed by atoms with van der Waals surface area (Å²) in [5.41, 5.74) is 2.17. The molecule has 3 fully saturated rings. The van der Waals surface area contributed by atoms with Gasteiger partial charge in [-0.3, -0.25) is 0 Å². The average Bonchev–Trinajstić information content (AvgIpc) is 2.80. The van der Waals surface area contributed by atoms with E-state index in [4.69, 9.17) is 0 Å². The third kappa shape index (κ3) is 3.42. The average molecular weight is 375 g/mol. The van der Waals surface area contributed by atoms with Crippen molar-refractivity contribution in [2.45, 2.75) is 95.3 Å². The van der Waals surface area contributed by atoms with Crippen LogP contribution in [0.25, 0.3) is 10.8 Å². The third-order valence-corrected chi connectivity index (χ3v) is 8.85. The van der Waals surface area contributed by atoms with E-state index in [0.29, 0.717) is 5.41 Å². The van der Waals surface area contributed by atoms with E-state index < -0.39 is 0 Å². The Morgan fingerprint density at radius 2 is 1.29 bits per heavy atom. The maximum atomic E-state index is 2.53. The molecule has 0 aliphatic heterocycles. The van der Waals surface area contributed by atoms with E-state index >= 15 is 0 Å². The second kappa shape index (κ2) is 8.21. The summed E-state index contributed by atoms with van der Waals surface area (Å²) in [5, 5.41) is 3.01. The Hall–Kier alpha value is -1.30. The minimum atomic E-state index is 0.446. The summed E-state index contributed by atoms with van der Waals surface area (Å²) in [6, 6.07) is 16.4. The lowest BCUT2D eigenvalue weighted by Crippen LogP contribution is -2.43. The highest BCUT2D eigenvalue weighted by atomic mass is 14.5. The van der Waals surface area contributed by atoms with Gasteiger partial charge in [-0.05, 0) is 65.2 Å². The third-order valence-electron chi connectivity index (χ3n) is 8.85. The number of hydrogen-bond acceptors (Lipinski definition) is 0. The first-order chi connectivity index (χ1) is 13.9. The molecular weight excluding hydrogens is 336 g/mol. The second-order valence-electron chi connectivity index (χ2n) is 10.3. The van der Waals surface area contributed by atoms with Gasteiger partial charge in [-0.15, -0.1) is 0 Å². The highest BCUT2D eigenvalue weighted by Gasteiger charge is 2.46. The molecule has 2 aromatic rings. The smallest absolute Gasteiger partial charge is 0.000988 e. The van der Waals surface area contributed by atoms with Crippen LogP contribution in [-0.4, -0.2) is 0 Å². The molecule has 0 heteroatoms. The summed E-state index contributed by atoms with van der Waals surface area (Å²) in [4.78, 5) is 0. The van der Waals surface area contributed by atoms with Gasteiger partial charge in [-0.25, -0.2) is 0 Å². The van der Waals surface area contributed by atoms with Crippen molar-refractivity contribution in [3.63, 3.8) is 0 Å². The lowest BCUT2D eigenvalue weighted by atomic mass is 9.54. The zero-order valence-corrected chi connectivity index (χ0v) is 17.7. The van der Waals surface area contributed by atoms with E-state index in [-0.39, 0.29) is 0 Å². The highest BCUT2D eigenvalue weighted by Crippen LogP contribution is 2.55. The first kappa shape index (κ1) is 18.7. The van der Waals surface area contributed by atoms with E-state index in [1.54, 1.807) is 10.9 Å². The van der Waals surface area contributed by atoms with Crippen molar-refractivity contribution < 1.29 is 0 Å². The van der Waals surface area contributed by atoms with Crippen LogP contribution in [0.3, 0.4) is 0 Å². The maximum absolute atomic E-state index is 2.53. The molecule has 150 valence electrons. The molecule has 28 heavy (non-hydrogen) atoms. The van der Waals surface area contributed by atoms with Crippen LogP contribution in [0.1, 0.15) is 95.5 Å². The van der Waals surface area contributed by atoms with Crippen LogP contribution in [-0.2, 0) is 5.41 Å². The predicted octanol–water partition coefficient (Wildman–Crippen LogP) is 8.43. The van der Waals surface area contributed by atoms with Crippen LogP contribution in [0.4, 0.5) is 0 Å². The zero-order chi connectivity index (χ0) is 18.8. The van der Waals surface area contributed by atoms with Crippen molar-refractivity contribution in [3.8, 4) is 0 Å². The predicted molar refractivity (Wildman–Crippen MR) is 121 cm³/mol. The van der Waals surface area contributed by atoms with E-state index in [2.05, 4.69) is 42.5 Å². The molecule has 0 nitrogen and oxygen atoms in total. The Kier molecular flexibility index (Phi) is 5.49. The first-order valence-electron chi connectivity index (χ1n) is 12.3. The minimum absolute atomic E-state index is 0.446. The summed E-state index contributed by atoms with van der Waals surface area (Å²) in [6.45, 7) is 0. The largest absolute Gasteiger partial charge is 0.0616 e. The molecule has 5 rings (SSSR count). The Morgan fingerprint density at radius 1 is 0.607 bits per heavy atom. The standard InChI is InChI=1S/C28H38/c1-3-11-22(12-4-1)24-15-10-20-28(21-24,25-16-5-2-6-17-25)27-19-9-14-23-13-7-8-18-26(23)27/h7-9,13-14,18-19,22,24-25H,1-6,10-12,15-17,20-21H2. The quantitative estimate of drug-likeness (QED) is 0.505. The van der Waals surface area contributed by atoms with Gasteiger partial charge in [0.1, 0.15) is 0 Å². The minimum Gasteiger partial charge on any atom is -0.0616 e. The van der Waals surface area contributed by atoms with Gasteiger partial charge in [0, 0.05) is 0 Å². The molecule has 0 saturated heterocycles. The molecule has 0 radical (unpaired) electrons. The number of rotatable bonds is 3. The second-order valence-corrected chi connectivity index (χ2v) is 10.3. The summed E-state index contributed by atoms with van der Waals surface area (Å²) < 4.78 is 0. The topological polar surface area (TPSA) is 0 Å². The summed E-state index contributed by atoms with van der Waals surface area (Å²) >= 11 is 0. The van der Waals surface area contributed by atoms with Crippen molar-refractivity contribution in [3.05, 3.63) is 48.0 Å². The molecule has 2 aromatic carbocycles. The summed E-state index contributed by atoms with van der Waals surface area (Å²) in [5.74, 6) is 2.92. The molecule has 2 atom stereocenters. The fraction of sp³-hybridized carbons (Fsp3) is 0.643. The van der Waals surface area contributed by atoms with Gasteiger partial charge >= 0.3 is 0 Å². The van der Waals surface area contributed by atoms with Crippen molar-refractivity contribution >= 4 is 10.8 Å². The number of benzene rings is 2. The molecule has 0 aromatic heterocycles. The van der Waals surface area contributed by atoms with Crippen molar-refractivity contribution in [2.24, 2.45) is 17.8 Å². The van der Waals surface area contributed by atoms with Gasteiger partial charge in [0.15, 0.2) is 0 Å². The lowest BCUT2D eigenvalue weighted by molar-refractivity contribution is 0.0795. The molecule has 2 unspecified atom stereocenters. The van der Waals surface area contributed by atoms with Crippen LogP contribution >= 0.6 is 0 Å². The van der Waals surface area contributed by atoms with Gasteiger partial charge in [-0.1, -0.05) is 107 Å². The molecule has 3 aliphatic carbocycles. The monoisotopic (exact) mass is 374 g/mol. The SMILES string of the molecule is c1ccc2c(C3(C4CCCCC4)CCCC(C4CCCCC4)C3)cccc2c1. The molecule has 3 aliphatic rings. The van der Waals surface area contributed by atoms with E-state index in [0.717, 1.165) is 17.8 Å². The van der Waals surface area contributed by atoms with Gasteiger partial charge < -0.3 is 0 Å². The molecule has 3 saturated carbocycles. The van der Waals surface area contributed by atoms with Crippen LogP contribution in [0.5, 0.6) is 0 Å².